The Kier molecular flexibility index (Phi) is 4.19. The fourth-order valence-electron chi connectivity index (χ4n) is 4.34. The summed E-state index contributed by atoms with van der Waals surface area (Å²) in [7, 11) is -3.41. The Hall–Kier alpha value is -0.680. The van der Waals surface area contributed by atoms with Gasteiger partial charge in [0.1, 0.15) is 4.08 Å². The summed E-state index contributed by atoms with van der Waals surface area (Å²) in [5.41, 5.74) is 1.03. The van der Waals surface area contributed by atoms with Crippen LogP contribution in [0.15, 0.2) is 53.4 Å². The number of hydrogen-bond donors (Lipinski definition) is 0. The molecule has 0 radical (unpaired) electrons. The molecule has 132 valence electrons. The summed E-state index contributed by atoms with van der Waals surface area (Å²) in [4.78, 5) is 0.412. The monoisotopic (exact) mass is 412 g/mol. The lowest BCUT2D eigenvalue weighted by atomic mass is 9.93. The molecule has 2 unspecified atom stereocenters. The molecular weight excluding hydrogens is 395 g/mol. The molecule has 2 aromatic rings. The van der Waals surface area contributed by atoms with Gasteiger partial charge in [0.25, 0.3) is 0 Å². The first-order valence-corrected chi connectivity index (χ1v) is 11.6. The Morgan fingerprint density at radius 1 is 1.04 bits per heavy atom. The molecule has 0 amide bonds. The summed E-state index contributed by atoms with van der Waals surface area (Å²) in [6.07, 6.45) is 4.25. The van der Waals surface area contributed by atoms with Crippen LogP contribution < -0.4 is 0 Å². The highest BCUT2D eigenvalue weighted by molar-refractivity contribution is 8.14. The molecular formula is C19H18Cl2O2S2. The first-order chi connectivity index (χ1) is 11.8. The van der Waals surface area contributed by atoms with E-state index in [1.807, 2.05) is 30.5 Å². The summed E-state index contributed by atoms with van der Waals surface area (Å²) >= 11 is 13.7. The Balaban J connectivity index is 1.74. The second-order valence-electron chi connectivity index (χ2n) is 7.00. The molecule has 0 heterocycles. The van der Waals surface area contributed by atoms with Crippen LogP contribution in [0.1, 0.15) is 24.8 Å². The molecule has 25 heavy (non-hydrogen) atoms. The van der Waals surface area contributed by atoms with E-state index in [0.717, 1.165) is 12.0 Å². The van der Waals surface area contributed by atoms with Crippen LogP contribution in [-0.4, -0.2) is 18.8 Å². The van der Waals surface area contributed by atoms with Gasteiger partial charge in [-0.05, 0) is 61.3 Å². The van der Waals surface area contributed by atoms with Crippen molar-refractivity contribution in [2.45, 2.75) is 33.7 Å². The third-order valence-corrected chi connectivity index (χ3v) is 10.9. The van der Waals surface area contributed by atoms with Gasteiger partial charge in [-0.25, -0.2) is 8.42 Å². The standard InChI is InChI=1S/C19H18Cl2O2S2/c1-24-19(25(22,23)15-5-3-2-4-6-15)11-14-10-18(14,12-19)13-7-8-16(20)17(21)9-13/h2-9,14H,10-12H2,1H3/t14?,18-,19?/m1/s1. The topological polar surface area (TPSA) is 34.1 Å². The van der Waals surface area contributed by atoms with E-state index in [-0.39, 0.29) is 5.41 Å². The van der Waals surface area contributed by atoms with E-state index in [0.29, 0.717) is 33.7 Å². The van der Waals surface area contributed by atoms with Gasteiger partial charge >= 0.3 is 0 Å². The molecule has 4 rings (SSSR count). The van der Waals surface area contributed by atoms with E-state index in [1.165, 1.54) is 11.8 Å². The zero-order valence-corrected chi connectivity index (χ0v) is 16.9. The summed E-state index contributed by atoms with van der Waals surface area (Å²) in [6, 6.07) is 14.5. The van der Waals surface area contributed by atoms with Crippen molar-refractivity contribution in [3.8, 4) is 0 Å². The number of rotatable bonds is 4. The van der Waals surface area contributed by atoms with Crippen molar-refractivity contribution in [1.82, 2.24) is 0 Å². The van der Waals surface area contributed by atoms with Crippen molar-refractivity contribution in [2.75, 3.05) is 6.26 Å². The van der Waals surface area contributed by atoms with Gasteiger partial charge in [-0.15, -0.1) is 11.8 Å². The number of halogens is 2. The van der Waals surface area contributed by atoms with Gasteiger partial charge in [0, 0.05) is 5.41 Å². The maximum absolute atomic E-state index is 13.4. The van der Waals surface area contributed by atoms with E-state index in [2.05, 4.69) is 0 Å². The van der Waals surface area contributed by atoms with Crippen LogP contribution >= 0.6 is 35.0 Å². The maximum Gasteiger partial charge on any atom is 0.193 e. The normalized spacial score (nSPS) is 30.9. The lowest BCUT2D eigenvalue weighted by Gasteiger charge is -2.30. The molecule has 2 nitrogen and oxygen atoms in total. The number of thioether (sulfide) groups is 1. The minimum atomic E-state index is -3.41. The molecule has 0 aromatic heterocycles. The number of fused-ring (bicyclic) bond motifs is 1. The molecule has 0 spiro atoms. The Bertz CT molecular complexity index is 930. The van der Waals surface area contributed by atoms with Crippen LogP contribution in [0.2, 0.25) is 10.0 Å². The third kappa shape index (κ3) is 2.56. The minimum absolute atomic E-state index is 0.0842. The van der Waals surface area contributed by atoms with E-state index < -0.39 is 13.9 Å². The van der Waals surface area contributed by atoms with Crippen LogP contribution in [0, 0.1) is 5.92 Å². The van der Waals surface area contributed by atoms with Crippen molar-refractivity contribution in [1.29, 1.82) is 0 Å². The van der Waals surface area contributed by atoms with Gasteiger partial charge in [-0.2, -0.15) is 0 Å². The predicted octanol–water partition coefficient (Wildman–Crippen LogP) is 5.58. The van der Waals surface area contributed by atoms with Crippen LogP contribution in [0.4, 0.5) is 0 Å². The summed E-state index contributed by atoms with van der Waals surface area (Å²) < 4.78 is 26.0. The van der Waals surface area contributed by atoms with Gasteiger partial charge in [0.2, 0.25) is 0 Å². The largest absolute Gasteiger partial charge is 0.222 e. The maximum atomic E-state index is 13.4. The minimum Gasteiger partial charge on any atom is -0.222 e. The lowest BCUT2D eigenvalue weighted by Crippen LogP contribution is -2.35. The van der Waals surface area contributed by atoms with E-state index in [1.54, 1.807) is 24.3 Å². The summed E-state index contributed by atoms with van der Waals surface area (Å²) in [5, 5.41) is 1.07. The number of sulfone groups is 1. The molecule has 2 fully saturated rings. The van der Waals surface area contributed by atoms with Crippen molar-refractivity contribution in [3.05, 3.63) is 64.1 Å². The van der Waals surface area contributed by atoms with Crippen LogP contribution in [0.5, 0.6) is 0 Å². The molecule has 0 bridgehead atoms. The van der Waals surface area contributed by atoms with Crippen LogP contribution in [-0.2, 0) is 15.3 Å². The molecule has 2 saturated carbocycles. The molecule has 0 N–H and O–H groups in total. The molecule has 0 aliphatic heterocycles. The van der Waals surface area contributed by atoms with Gasteiger partial charge in [0.05, 0.1) is 14.9 Å². The second-order valence-corrected chi connectivity index (χ2v) is 11.5. The zero-order chi connectivity index (χ0) is 17.9. The fraction of sp³-hybridized carbons (Fsp3) is 0.368. The smallest absolute Gasteiger partial charge is 0.193 e. The fourth-order valence-corrected chi connectivity index (χ4v) is 8.39. The van der Waals surface area contributed by atoms with Crippen LogP contribution in [0.3, 0.4) is 0 Å². The quantitative estimate of drug-likeness (QED) is 0.657. The highest BCUT2D eigenvalue weighted by Gasteiger charge is 2.69. The molecule has 3 atom stereocenters. The summed E-state index contributed by atoms with van der Waals surface area (Å²) in [5.74, 6) is 0.385. The highest BCUT2D eigenvalue weighted by atomic mass is 35.5. The number of hydrogen-bond acceptors (Lipinski definition) is 3. The van der Waals surface area contributed by atoms with Crippen molar-refractivity contribution < 1.29 is 8.42 Å². The molecule has 6 heteroatoms. The summed E-state index contributed by atoms with van der Waals surface area (Å²) in [6.45, 7) is 0. The van der Waals surface area contributed by atoms with Gasteiger partial charge < -0.3 is 0 Å². The highest BCUT2D eigenvalue weighted by Crippen LogP contribution is 2.71. The van der Waals surface area contributed by atoms with Gasteiger partial charge in [-0.3, -0.25) is 0 Å². The van der Waals surface area contributed by atoms with Gasteiger partial charge in [-0.1, -0.05) is 47.5 Å². The predicted molar refractivity (Wildman–Crippen MR) is 105 cm³/mol. The second kappa shape index (κ2) is 5.91. The van der Waals surface area contributed by atoms with E-state index in [9.17, 15) is 8.42 Å². The number of benzene rings is 2. The molecule has 2 aliphatic rings. The van der Waals surface area contributed by atoms with Crippen LogP contribution in [0.25, 0.3) is 0 Å². The van der Waals surface area contributed by atoms with Crippen molar-refractivity contribution >= 4 is 44.8 Å². The van der Waals surface area contributed by atoms with Crippen molar-refractivity contribution in [3.63, 3.8) is 0 Å². The SMILES string of the molecule is CSC1(S(=O)(=O)c2ccccc2)CC2C[C@]2(c2ccc(Cl)c(Cl)c2)C1. The zero-order valence-electron chi connectivity index (χ0n) is 13.7. The first-order valence-electron chi connectivity index (χ1n) is 8.15. The Morgan fingerprint density at radius 2 is 1.76 bits per heavy atom. The Labute approximate surface area is 162 Å². The Morgan fingerprint density at radius 3 is 2.40 bits per heavy atom. The first kappa shape index (κ1) is 17.7. The van der Waals surface area contributed by atoms with Crippen molar-refractivity contribution in [2.24, 2.45) is 5.92 Å². The molecule has 0 saturated heterocycles. The average Bonchev–Trinajstić information content (AvgIpc) is 3.20. The molecule has 2 aromatic carbocycles. The average molecular weight is 413 g/mol. The molecule has 2 aliphatic carbocycles. The third-order valence-electron chi connectivity index (χ3n) is 5.78. The van der Waals surface area contributed by atoms with E-state index >= 15 is 0 Å². The van der Waals surface area contributed by atoms with E-state index in [4.69, 9.17) is 23.2 Å². The van der Waals surface area contributed by atoms with Gasteiger partial charge in [0.15, 0.2) is 9.84 Å². The lowest BCUT2D eigenvalue weighted by molar-refractivity contribution is 0.549.